The van der Waals surface area contributed by atoms with Gasteiger partial charge in [0.25, 0.3) is 0 Å². The zero-order valence-electron chi connectivity index (χ0n) is 13.0. The van der Waals surface area contributed by atoms with Crippen LogP contribution in [0.3, 0.4) is 0 Å². The molecule has 0 spiro atoms. The van der Waals surface area contributed by atoms with E-state index in [0.29, 0.717) is 6.54 Å². The summed E-state index contributed by atoms with van der Waals surface area (Å²) in [7, 11) is 0. The van der Waals surface area contributed by atoms with E-state index in [1.807, 2.05) is 51.1 Å². The fourth-order valence-corrected chi connectivity index (χ4v) is 2.06. The number of amides is 1. The first-order valence-electron chi connectivity index (χ1n) is 6.90. The molecule has 0 saturated heterocycles. The smallest absolute Gasteiger partial charge is 0.410 e. The van der Waals surface area contributed by atoms with Crippen molar-refractivity contribution < 1.29 is 13.9 Å². The molecular weight excluding hydrogens is 337 g/mol. The van der Waals surface area contributed by atoms with Crippen molar-refractivity contribution in [3.63, 3.8) is 0 Å². The van der Waals surface area contributed by atoms with Gasteiger partial charge in [-0.15, -0.1) is 0 Å². The van der Waals surface area contributed by atoms with Crippen molar-refractivity contribution in [3.8, 4) is 0 Å². The van der Waals surface area contributed by atoms with Gasteiger partial charge >= 0.3 is 6.09 Å². The van der Waals surface area contributed by atoms with E-state index >= 15 is 0 Å². The van der Waals surface area contributed by atoms with Crippen LogP contribution in [0.25, 0.3) is 0 Å². The SMILES string of the molecule is CC(Br)(CF)CN(Cc1ccccc1)C(=O)OC(C)(C)C. The minimum atomic E-state index is -0.779. The molecule has 0 aromatic heterocycles. The third-order valence-corrected chi connectivity index (χ3v) is 3.13. The fraction of sp³-hybridized carbons (Fsp3) is 0.562. The summed E-state index contributed by atoms with van der Waals surface area (Å²) in [5.74, 6) is 0. The predicted molar refractivity (Wildman–Crippen MR) is 86.4 cm³/mol. The Morgan fingerprint density at radius 3 is 2.29 bits per heavy atom. The number of hydrogen-bond donors (Lipinski definition) is 0. The van der Waals surface area contributed by atoms with Crippen molar-refractivity contribution in [3.05, 3.63) is 35.9 Å². The fourth-order valence-electron chi connectivity index (χ4n) is 1.76. The Kier molecular flexibility index (Phi) is 6.20. The van der Waals surface area contributed by atoms with E-state index in [-0.39, 0.29) is 6.54 Å². The van der Waals surface area contributed by atoms with Crippen LogP contribution in [0.2, 0.25) is 0 Å². The molecule has 0 aliphatic heterocycles. The normalized spacial score (nSPS) is 14.4. The van der Waals surface area contributed by atoms with Crippen LogP contribution in [0, 0.1) is 0 Å². The van der Waals surface area contributed by atoms with Gasteiger partial charge in [-0.25, -0.2) is 9.18 Å². The molecule has 1 aromatic rings. The highest BCUT2D eigenvalue weighted by Gasteiger charge is 2.29. The average molecular weight is 360 g/mol. The largest absolute Gasteiger partial charge is 0.444 e. The van der Waals surface area contributed by atoms with Gasteiger partial charge in [-0.3, -0.25) is 0 Å². The molecule has 118 valence electrons. The van der Waals surface area contributed by atoms with Crippen LogP contribution < -0.4 is 0 Å². The summed E-state index contributed by atoms with van der Waals surface area (Å²) in [6.45, 7) is 7.21. The Labute approximate surface area is 134 Å². The second-order valence-electron chi connectivity index (χ2n) is 6.37. The number of alkyl halides is 2. The van der Waals surface area contributed by atoms with Gasteiger partial charge < -0.3 is 9.64 Å². The van der Waals surface area contributed by atoms with Crippen molar-refractivity contribution in [1.29, 1.82) is 0 Å². The number of ether oxygens (including phenoxy) is 1. The third kappa shape index (κ3) is 6.93. The Morgan fingerprint density at radius 2 is 1.81 bits per heavy atom. The van der Waals surface area contributed by atoms with E-state index in [1.54, 1.807) is 6.92 Å². The van der Waals surface area contributed by atoms with E-state index in [4.69, 9.17) is 4.74 Å². The van der Waals surface area contributed by atoms with Crippen molar-refractivity contribution in [2.45, 2.75) is 44.2 Å². The molecule has 0 aliphatic rings. The Hall–Kier alpha value is -1.10. The first kappa shape index (κ1) is 18.0. The topological polar surface area (TPSA) is 29.5 Å². The number of benzene rings is 1. The maximum absolute atomic E-state index is 13.0. The number of halogens is 2. The van der Waals surface area contributed by atoms with Gasteiger partial charge in [-0.2, -0.15) is 0 Å². The maximum Gasteiger partial charge on any atom is 0.410 e. The average Bonchev–Trinajstić information content (AvgIpc) is 2.37. The highest BCUT2D eigenvalue weighted by atomic mass is 79.9. The second kappa shape index (κ2) is 7.25. The van der Waals surface area contributed by atoms with Crippen LogP contribution in [-0.2, 0) is 11.3 Å². The van der Waals surface area contributed by atoms with Gasteiger partial charge in [0.2, 0.25) is 0 Å². The maximum atomic E-state index is 13.0. The highest BCUT2D eigenvalue weighted by Crippen LogP contribution is 2.22. The number of nitrogens with zero attached hydrogens (tertiary/aromatic N) is 1. The number of hydrogen-bond acceptors (Lipinski definition) is 2. The molecule has 0 fully saturated rings. The molecule has 1 amide bonds. The van der Waals surface area contributed by atoms with Crippen LogP contribution in [0.1, 0.15) is 33.3 Å². The van der Waals surface area contributed by atoms with E-state index in [9.17, 15) is 9.18 Å². The van der Waals surface area contributed by atoms with Crippen LogP contribution in [0.4, 0.5) is 9.18 Å². The molecule has 0 radical (unpaired) electrons. The third-order valence-electron chi connectivity index (χ3n) is 2.67. The number of carbonyl (C=O) groups excluding carboxylic acids is 1. The van der Waals surface area contributed by atoms with Crippen LogP contribution in [-0.4, -0.2) is 34.1 Å². The van der Waals surface area contributed by atoms with Gasteiger partial charge in [0.15, 0.2) is 0 Å². The van der Waals surface area contributed by atoms with Gasteiger partial charge in [0.1, 0.15) is 12.3 Å². The van der Waals surface area contributed by atoms with Crippen LogP contribution in [0.15, 0.2) is 30.3 Å². The first-order valence-corrected chi connectivity index (χ1v) is 7.69. The zero-order valence-corrected chi connectivity index (χ0v) is 14.6. The lowest BCUT2D eigenvalue weighted by atomic mass is 10.1. The lowest BCUT2D eigenvalue weighted by molar-refractivity contribution is 0.0214. The molecule has 21 heavy (non-hydrogen) atoms. The van der Waals surface area contributed by atoms with Gasteiger partial charge in [0, 0.05) is 13.1 Å². The van der Waals surface area contributed by atoms with Crippen molar-refractivity contribution in [2.75, 3.05) is 13.2 Å². The van der Waals surface area contributed by atoms with E-state index in [2.05, 4.69) is 15.9 Å². The van der Waals surface area contributed by atoms with Crippen molar-refractivity contribution in [1.82, 2.24) is 4.90 Å². The summed E-state index contributed by atoms with van der Waals surface area (Å²) in [6.07, 6.45) is -0.439. The predicted octanol–water partition coefficient (Wildman–Crippen LogP) is 4.55. The van der Waals surface area contributed by atoms with Crippen molar-refractivity contribution >= 4 is 22.0 Å². The summed E-state index contributed by atoms with van der Waals surface area (Å²) in [6, 6.07) is 9.59. The standard InChI is InChI=1S/C16H23BrFNO2/c1-15(2,3)21-14(20)19(12-16(4,17)11-18)10-13-8-6-5-7-9-13/h5-9H,10-12H2,1-4H3. The number of carbonyl (C=O) groups is 1. The van der Waals surface area contributed by atoms with Crippen LogP contribution in [0.5, 0.6) is 0 Å². The summed E-state index contributed by atoms with van der Waals surface area (Å²) in [4.78, 5) is 13.8. The lowest BCUT2D eigenvalue weighted by Crippen LogP contribution is -2.43. The Balaban J connectivity index is 2.86. The minimum Gasteiger partial charge on any atom is -0.444 e. The summed E-state index contributed by atoms with van der Waals surface area (Å²) < 4.78 is 17.7. The van der Waals surface area contributed by atoms with Crippen LogP contribution >= 0.6 is 15.9 Å². The molecule has 3 nitrogen and oxygen atoms in total. The zero-order chi connectivity index (χ0) is 16.1. The van der Waals surface area contributed by atoms with E-state index in [1.165, 1.54) is 4.90 Å². The molecule has 0 N–H and O–H groups in total. The minimum absolute atomic E-state index is 0.229. The first-order chi connectivity index (χ1) is 9.63. The Morgan fingerprint density at radius 1 is 1.24 bits per heavy atom. The molecular formula is C16H23BrFNO2. The summed E-state index contributed by atoms with van der Waals surface area (Å²) in [5.41, 5.74) is 0.398. The Bertz CT molecular complexity index is 457. The van der Waals surface area contributed by atoms with Gasteiger partial charge in [0.05, 0.1) is 4.32 Å². The summed E-state index contributed by atoms with van der Waals surface area (Å²) >= 11 is 3.32. The molecule has 1 rings (SSSR count). The molecule has 5 heteroatoms. The molecule has 1 atom stereocenters. The molecule has 1 aromatic carbocycles. The second-order valence-corrected chi connectivity index (χ2v) is 8.28. The molecule has 0 heterocycles. The van der Waals surface area contributed by atoms with E-state index < -0.39 is 22.7 Å². The molecule has 0 aliphatic carbocycles. The molecule has 0 bridgehead atoms. The van der Waals surface area contributed by atoms with Crippen molar-refractivity contribution in [2.24, 2.45) is 0 Å². The monoisotopic (exact) mass is 359 g/mol. The van der Waals surface area contributed by atoms with E-state index in [0.717, 1.165) is 5.56 Å². The van der Waals surface area contributed by atoms with Gasteiger partial charge in [-0.05, 0) is 33.3 Å². The quantitative estimate of drug-likeness (QED) is 0.721. The lowest BCUT2D eigenvalue weighted by Gasteiger charge is -2.31. The highest BCUT2D eigenvalue weighted by molar-refractivity contribution is 9.10. The number of rotatable bonds is 5. The molecule has 0 saturated carbocycles. The molecule has 1 unspecified atom stereocenters. The van der Waals surface area contributed by atoms with Gasteiger partial charge in [-0.1, -0.05) is 46.3 Å². The summed E-state index contributed by atoms with van der Waals surface area (Å²) in [5, 5.41) is 0.